The van der Waals surface area contributed by atoms with Crippen molar-refractivity contribution in [3.05, 3.63) is 47.3 Å². The maximum atomic E-state index is 12.4. The lowest BCUT2D eigenvalue weighted by Crippen LogP contribution is -2.42. The van der Waals surface area contributed by atoms with Gasteiger partial charge in [0, 0.05) is 17.3 Å². The molecule has 1 atom stereocenters. The van der Waals surface area contributed by atoms with Crippen LogP contribution >= 0.6 is 0 Å². The Kier molecular flexibility index (Phi) is 4.93. The summed E-state index contributed by atoms with van der Waals surface area (Å²) in [4.78, 5) is 12.4. The van der Waals surface area contributed by atoms with E-state index in [4.69, 9.17) is 0 Å². The Balaban J connectivity index is 2.18. The van der Waals surface area contributed by atoms with Gasteiger partial charge in [-0.25, -0.2) is 4.68 Å². The summed E-state index contributed by atoms with van der Waals surface area (Å²) in [5, 5.41) is 7.69. The smallest absolute Gasteiger partial charge is 0.224 e. The number of hydrogen-bond acceptors (Lipinski definition) is 2. The number of nitrogens with one attached hydrogen (secondary N) is 1. The maximum absolute atomic E-state index is 12.4. The van der Waals surface area contributed by atoms with Crippen LogP contribution in [-0.2, 0) is 11.2 Å². The molecule has 0 bridgehead atoms. The van der Waals surface area contributed by atoms with Crippen LogP contribution in [0.3, 0.4) is 0 Å². The van der Waals surface area contributed by atoms with Gasteiger partial charge in [0.15, 0.2) is 0 Å². The molecule has 1 N–H and O–H groups in total. The van der Waals surface area contributed by atoms with E-state index in [0.717, 1.165) is 22.6 Å². The Morgan fingerprint density at radius 2 is 1.83 bits per heavy atom. The van der Waals surface area contributed by atoms with Gasteiger partial charge in [0.1, 0.15) is 0 Å². The molecule has 0 aliphatic heterocycles. The van der Waals surface area contributed by atoms with E-state index in [1.54, 1.807) is 0 Å². The minimum absolute atomic E-state index is 0.0474. The molecule has 0 spiro atoms. The molecule has 1 amide bonds. The molecular weight excluding hydrogens is 286 g/mol. The molecule has 23 heavy (non-hydrogen) atoms. The lowest BCUT2D eigenvalue weighted by atomic mass is 9.88. The van der Waals surface area contributed by atoms with Gasteiger partial charge < -0.3 is 5.32 Å². The maximum Gasteiger partial charge on any atom is 0.224 e. The molecule has 0 saturated carbocycles. The average molecular weight is 313 g/mol. The van der Waals surface area contributed by atoms with Crippen LogP contribution in [0, 0.1) is 19.3 Å². The zero-order chi connectivity index (χ0) is 17.2. The first kappa shape index (κ1) is 17.3. The number of benzene rings is 1. The van der Waals surface area contributed by atoms with E-state index in [9.17, 15) is 4.79 Å². The van der Waals surface area contributed by atoms with Gasteiger partial charge in [-0.05, 0) is 38.3 Å². The first-order valence-electron chi connectivity index (χ1n) is 8.10. The standard InChI is InChI=1S/C19H27N3O/c1-13-17(12-18(23)20-15(3)19(4,5)6)14(2)22(21-13)16-10-8-7-9-11-16/h7-11,15H,12H2,1-6H3,(H,20,23). The Bertz CT molecular complexity index is 681. The van der Waals surface area contributed by atoms with Gasteiger partial charge in [-0.2, -0.15) is 5.10 Å². The second-order valence-corrected chi connectivity index (χ2v) is 7.23. The third-order valence-electron chi connectivity index (χ3n) is 4.46. The molecule has 0 aliphatic carbocycles. The third-order valence-corrected chi connectivity index (χ3v) is 4.46. The minimum atomic E-state index is 0.0474. The van der Waals surface area contributed by atoms with Crippen LogP contribution in [0.4, 0.5) is 0 Å². The van der Waals surface area contributed by atoms with Gasteiger partial charge >= 0.3 is 0 Å². The summed E-state index contributed by atoms with van der Waals surface area (Å²) in [6.45, 7) is 12.4. The monoisotopic (exact) mass is 313 g/mol. The molecule has 1 heterocycles. The zero-order valence-electron chi connectivity index (χ0n) is 15.0. The molecule has 4 heteroatoms. The molecule has 2 rings (SSSR count). The highest BCUT2D eigenvalue weighted by molar-refractivity contribution is 5.79. The fraction of sp³-hybridized carbons (Fsp3) is 0.474. The molecule has 1 aromatic heterocycles. The summed E-state index contributed by atoms with van der Waals surface area (Å²) in [6, 6.07) is 10.1. The van der Waals surface area contributed by atoms with Gasteiger partial charge in [-0.3, -0.25) is 4.79 Å². The van der Waals surface area contributed by atoms with Crippen LogP contribution in [0.25, 0.3) is 5.69 Å². The van der Waals surface area contributed by atoms with Crippen molar-refractivity contribution in [2.24, 2.45) is 5.41 Å². The summed E-state index contributed by atoms with van der Waals surface area (Å²) in [5.41, 5.74) is 4.00. The largest absolute Gasteiger partial charge is 0.353 e. The zero-order valence-corrected chi connectivity index (χ0v) is 15.0. The van der Waals surface area contributed by atoms with E-state index in [2.05, 4.69) is 31.2 Å². The molecule has 0 aliphatic rings. The van der Waals surface area contributed by atoms with Crippen molar-refractivity contribution in [1.82, 2.24) is 15.1 Å². The summed E-state index contributed by atoms with van der Waals surface area (Å²) >= 11 is 0. The van der Waals surface area contributed by atoms with Crippen LogP contribution in [0.5, 0.6) is 0 Å². The van der Waals surface area contributed by atoms with Gasteiger partial charge in [0.05, 0.1) is 17.8 Å². The summed E-state index contributed by atoms with van der Waals surface area (Å²) < 4.78 is 1.91. The Morgan fingerprint density at radius 3 is 2.39 bits per heavy atom. The average Bonchev–Trinajstić information content (AvgIpc) is 2.75. The molecule has 0 fully saturated rings. The highest BCUT2D eigenvalue weighted by atomic mass is 16.1. The van der Waals surface area contributed by atoms with Crippen LogP contribution in [0.1, 0.15) is 44.6 Å². The Labute approximate surface area is 138 Å². The van der Waals surface area contributed by atoms with Crippen LogP contribution < -0.4 is 5.32 Å². The topological polar surface area (TPSA) is 46.9 Å². The van der Waals surface area contributed by atoms with Gasteiger partial charge in [-0.15, -0.1) is 0 Å². The first-order chi connectivity index (χ1) is 10.7. The van der Waals surface area contributed by atoms with Gasteiger partial charge in [0.25, 0.3) is 0 Å². The van der Waals surface area contributed by atoms with Crippen molar-refractivity contribution in [2.75, 3.05) is 0 Å². The van der Waals surface area contributed by atoms with E-state index in [1.807, 2.05) is 55.8 Å². The molecule has 0 saturated heterocycles. The molecule has 2 aromatic rings. The predicted octanol–water partition coefficient (Wildman–Crippen LogP) is 3.58. The molecule has 4 nitrogen and oxygen atoms in total. The van der Waals surface area contributed by atoms with E-state index < -0.39 is 0 Å². The Morgan fingerprint density at radius 1 is 1.22 bits per heavy atom. The van der Waals surface area contributed by atoms with Crippen molar-refractivity contribution < 1.29 is 4.79 Å². The number of hydrogen-bond donors (Lipinski definition) is 1. The van der Waals surface area contributed by atoms with Crippen LogP contribution in [-0.4, -0.2) is 21.7 Å². The van der Waals surface area contributed by atoms with Crippen molar-refractivity contribution in [3.8, 4) is 5.69 Å². The third kappa shape index (κ3) is 4.01. The number of para-hydroxylation sites is 1. The lowest BCUT2D eigenvalue weighted by molar-refractivity contribution is -0.121. The fourth-order valence-electron chi connectivity index (χ4n) is 2.42. The van der Waals surface area contributed by atoms with E-state index in [-0.39, 0.29) is 17.4 Å². The number of rotatable bonds is 4. The minimum Gasteiger partial charge on any atom is -0.353 e. The molecule has 124 valence electrons. The van der Waals surface area contributed by atoms with Crippen molar-refractivity contribution in [3.63, 3.8) is 0 Å². The Hall–Kier alpha value is -2.10. The first-order valence-corrected chi connectivity index (χ1v) is 8.10. The van der Waals surface area contributed by atoms with E-state index in [0.29, 0.717) is 6.42 Å². The normalized spacial score (nSPS) is 13.0. The van der Waals surface area contributed by atoms with E-state index in [1.165, 1.54) is 0 Å². The summed E-state index contributed by atoms with van der Waals surface area (Å²) in [6.07, 6.45) is 0.366. The van der Waals surface area contributed by atoms with Crippen LogP contribution in [0.15, 0.2) is 30.3 Å². The number of carbonyl (C=O) groups excluding carboxylic acids is 1. The van der Waals surface area contributed by atoms with Crippen LogP contribution in [0.2, 0.25) is 0 Å². The van der Waals surface area contributed by atoms with Crippen molar-refractivity contribution in [1.29, 1.82) is 0 Å². The molecule has 1 unspecified atom stereocenters. The number of nitrogens with zero attached hydrogens (tertiary/aromatic N) is 2. The van der Waals surface area contributed by atoms with Crippen molar-refractivity contribution >= 4 is 5.91 Å². The number of aromatic nitrogens is 2. The SMILES string of the molecule is Cc1nn(-c2ccccc2)c(C)c1CC(=O)NC(C)C(C)(C)C. The van der Waals surface area contributed by atoms with Crippen molar-refractivity contribution in [2.45, 2.75) is 54.0 Å². The number of aryl methyl sites for hydroxylation is 1. The highest BCUT2D eigenvalue weighted by Crippen LogP contribution is 2.20. The van der Waals surface area contributed by atoms with E-state index >= 15 is 0 Å². The number of carbonyl (C=O) groups is 1. The predicted molar refractivity (Wildman–Crippen MR) is 93.8 cm³/mol. The second-order valence-electron chi connectivity index (χ2n) is 7.23. The number of amides is 1. The summed E-state index contributed by atoms with van der Waals surface area (Å²) in [5.74, 6) is 0.0474. The highest BCUT2D eigenvalue weighted by Gasteiger charge is 2.23. The molecule has 0 radical (unpaired) electrons. The lowest BCUT2D eigenvalue weighted by Gasteiger charge is -2.28. The molecule has 1 aromatic carbocycles. The molecular formula is C19H27N3O. The fourth-order valence-corrected chi connectivity index (χ4v) is 2.42. The van der Waals surface area contributed by atoms with Gasteiger partial charge in [-0.1, -0.05) is 39.0 Å². The summed E-state index contributed by atoms with van der Waals surface area (Å²) in [7, 11) is 0. The second kappa shape index (κ2) is 6.57. The van der Waals surface area contributed by atoms with Gasteiger partial charge in [0.2, 0.25) is 5.91 Å². The quantitative estimate of drug-likeness (QED) is 0.938.